The summed E-state index contributed by atoms with van der Waals surface area (Å²) in [6.07, 6.45) is 1.66. The molecular weight excluding hydrogens is 424 g/mol. The topological polar surface area (TPSA) is 89.7 Å². The molecule has 0 aliphatic carbocycles. The van der Waals surface area contributed by atoms with Gasteiger partial charge >= 0.3 is 5.97 Å². The highest BCUT2D eigenvalue weighted by molar-refractivity contribution is 9.10. The van der Waals surface area contributed by atoms with Crippen LogP contribution in [0.4, 0.5) is 5.69 Å². The highest BCUT2D eigenvalue weighted by Crippen LogP contribution is 2.35. The zero-order valence-corrected chi connectivity index (χ0v) is 16.8. The smallest absolute Gasteiger partial charge is 0.340 e. The summed E-state index contributed by atoms with van der Waals surface area (Å²) in [6, 6.07) is 13.6. The summed E-state index contributed by atoms with van der Waals surface area (Å²) in [6.45, 7) is 1.68. The summed E-state index contributed by atoms with van der Waals surface area (Å²) < 4.78 is 5.80. The van der Waals surface area contributed by atoms with Crippen LogP contribution >= 0.6 is 15.9 Å². The summed E-state index contributed by atoms with van der Waals surface area (Å²) in [4.78, 5) is 38.2. The van der Waals surface area contributed by atoms with Crippen LogP contribution in [0.15, 0.2) is 69.8 Å². The number of nitrogens with two attached hydrogens (primary N) is 1. The fourth-order valence-electron chi connectivity index (χ4n) is 2.99. The first-order chi connectivity index (χ1) is 13.3. The fourth-order valence-corrected chi connectivity index (χ4v) is 3.26. The number of ether oxygens (including phenoxy) is 1. The van der Waals surface area contributed by atoms with Crippen molar-refractivity contribution in [2.75, 3.05) is 12.0 Å². The van der Waals surface area contributed by atoms with Crippen LogP contribution in [0.5, 0.6) is 0 Å². The zero-order chi connectivity index (χ0) is 20.4. The normalized spacial score (nSPS) is 15.3. The van der Waals surface area contributed by atoms with E-state index in [1.807, 2.05) is 24.3 Å². The molecule has 1 aliphatic heterocycles. The number of hydrogen-bond acceptors (Lipinski definition) is 4. The molecule has 3 rings (SSSR count). The highest BCUT2D eigenvalue weighted by Gasteiger charge is 2.37. The van der Waals surface area contributed by atoms with Crippen LogP contribution in [0.25, 0.3) is 6.08 Å². The van der Waals surface area contributed by atoms with Crippen molar-refractivity contribution in [3.63, 3.8) is 0 Å². The Hall–Kier alpha value is -3.19. The number of hydrogen-bond donors (Lipinski definition) is 1. The molecule has 0 saturated heterocycles. The molecule has 2 amide bonds. The third kappa shape index (κ3) is 3.61. The Morgan fingerprint density at radius 3 is 2.21 bits per heavy atom. The van der Waals surface area contributed by atoms with Gasteiger partial charge in [-0.25, -0.2) is 4.79 Å². The van der Waals surface area contributed by atoms with E-state index in [2.05, 4.69) is 15.9 Å². The van der Waals surface area contributed by atoms with E-state index in [0.717, 1.165) is 10.0 Å². The van der Waals surface area contributed by atoms with Crippen molar-refractivity contribution >= 4 is 45.5 Å². The third-order valence-corrected chi connectivity index (χ3v) is 4.91. The minimum Gasteiger partial charge on any atom is -0.465 e. The van der Waals surface area contributed by atoms with Gasteiger partial charge in [-0.3, -0.25) is 14.5 Å². The average Bonchev–Trinajstić information content (AvgIpc) is 2.93. The minimum atomic E-state index is -0.592. The molecule has 142 valence electrons. The number of primary amides is 1. The van der Waals surface area contributed by atoms with E-state index in [1.54, 1.807) is 25.1 Å². The Kier molecular flexibility index (Phi) is 5.46. The molecule has 0 fully saturated rings. The van der Waals surface area contributed by atoms with Crippen molar-refractivity contribution in [2.45, 2.75) is 6.92 Å². The summed E-state index contributed by atoms with van der Waals surface area (Å²) in [7, 11) is 1.27. The van der Waals surface area contributed by atoms with Gasteiger partial charge in [0.1, 0.15) is 0 Å². The number of amides is 2. The van der Waals surface area contributed by atoms with Crippen LogP contribution in [0, 0.1) is 0 Å². The molecular formula is C21H17BrN2O4. The maximum absolute atomic E-state index is 13.1. The van der Waals surface area contributed by atoms with Crippen molar-refractivity contribution < 1.29 is 19.1 Å². The van der Waals surface area contributed by atoms with Gasteiger partial charge < -0.3 is 10.5 Å². The predicted molar refractivity (Wildman–Crippen MR) is 109 cm³/mol. The van der Waals surface area contributed by atoms with Crippen LogP contribution in [0.1, 0.15) is 22.8 Å². The lowest BCUT2D eigenvalue weighted by Gasteiger charge is -2.18. The molecule has 1 heterocycles. The van der Waals surface area contributed by atoms with Crippen LogP contribution in [-0.2, 0) is 14.3 Å². The number of carbonyl (C=O) groups excluding carboxylic acids is 3. The van der Waals surface area contributed by atoms with E-state index in [1.165, 1.54) is 24.1 Å². The van der Waals surface area contributed by atoms with Crippen molar-refractivity contribution in [2.24, 2.45) is 5.73 Å². The molecule has 0 spiro atoms. The number of rotatable bonds is 4. The molecule has 0 unspecified atom stereocenters. The van der Waals surface area contributed by atoms with Gasteiger partial charge in [0, 0.05) is 21.4 Å². The van der Waals surface area contributed by atoms with Gasteiger partial charge in [-0.2, -0.15) is 0 Å². The van der Waals surface area contributed by atoms with Gasteiger partial charge in [0.05, 0.1) is 18.3 Å². The Balaban J connectivity index is 2.09. The van der Waals surface area contributed by atoms with Gasteiger partial charge in [-0.05, 0) is 55.0 Å². The first kappa shape index (κ1) is 19.6. The molecule has 28 heavy (non-hydrogen) atoms. The molecule has 0 bridgehead atoms. The monoisotopic (exact) mass is 440 g/mol. The molecule has 0 aromatic heterocycles. The van der Waals surface area contributed by atoms with Crippen molar-refractivity contribution in [1.82, 2.24) is 0 Å². The van der Waals surface area contributed by atoms with Crippen molar-refractivity contribution in [3.05, 3.63) is 81.0 Å². The second-order valence-electron chi connectivity index (χ2n) is 6.11. The molecule has 2 aromatic carbocycles. The largest absolute Gasteiger partial charge is 0.465 e. The Bertz CT molecular complexity index is 1020. The minimum absolute atomic E-state index is 0.203. The predicted octanol–water partition coefficient (Wildman–Crippen LogP) is 3.43. The number of nitrogens with zero attached hydrogens (tertiary/aromatic N) is 1. The average molecular weight is 441 g/mol. The number of methoxy groups -OCH3 is 1. The van der Waals surface area contributed by atoms with E-state index < -0.39 is 11.9 Å². The molecule has 2 aromatic rings. The molecule has 6 nitrogen and oxygen atoms in total. The highest BCUT2D eigenvalue weighted by atomic mass is 79.9. The van der Waals surface area contributed by atoms with Gasteiger partial charge in [-0.1, -0.05) is 28.1 Å². The van der Waals surface area contributed by atoms with E-state index in [9.17, 15) is 14.4 Å². The number of anilines is 1. The Labute approximate surface area is 170 Å². The molecule has 2 N–H and O–H groups in total. The van der Waals surface area contributed by atoms with Gasteiger partial charge in [0.2, 0.25) is 5.91 Å². The van der Waals surface area contributed by atoms with Crippen LogP contribution < -0.4 is 10.6 Å². The summed E-state index contributed by atoms with van der Waals surface area (Å²) in [5.74, 6) is -1.50. The summed E-state index contributed by atoms with van der Waals surface area (Å²) in [5.41, 5.74) is 7.78. The lowest BCUT2D eigenvalue weighted by Crippen LogP contribution is -2.24. The van der Waals surface area contributed by atoms with Crippen LogP contribution in [0.3, 0.4) is 0 Å². The van der Waals surface area contributed by atoms with E-state index in [-0.39, 0.29) is 17.1 Å². The van der Waals surface area contributed by atoms with Gasteiger partial charge in [0.25, 0.3) is 5.91 Å². The lowest BCUT2D eigenvalue weighted by atomic mass is 10.0. The second kappa shape index (κ2) is 7.82. The van der Waals surface area contributed by atoms with Gasteiger partial charge in [-0.15, -0.1) is 0 Å². The molecule has 0 saturated carbocycles. The third-order valence-electron chi connectivity index (χ3n) is 4.38. The van der Waals surface area contributed by atoms with E-state index >= 15 is 0 Å². The standard InChI is InChI=1S/C21H17BrN2O4/c1-12-18(21(27)28-2)17(11-13-3-7-15(22)8-4-13)20(26)24(12)16-9-5-14(6-10-16)19(23)25/h3-11H,1-2H3,(H2,23,25). The molecule has 0 radical (unpaired) electrons. The zero-order valence-electron chi connectivity index (χ0n) is 15.2. The van der Waals surface area contributed by atoms with Crippen LogP contribution in [0.2, 0.25) is 0 Å². The maximum Gasteiger partial charge on any atom is 0.340 e. The Morgan fingerprint density at radius 2 is 1.68 bits per heavy atom. The van der Waals surface area contributed by atoms with E-state index in [4.69, 9.17) is 10.5 Å². The fraction of sp³-hybridized carbons (Fsp3) is 0.0952. The quantitative estimate of drug-likeness (QED) is 0.582. The molecule has 7 heteroatoms. The maximum atomic E-state index is 13.1. The second-order valence-corrected chi connectivity index (χ2v) is 7.03. The van der Waals surface area contributed by atoms with Gasteiger partial charge in [0.15, 0.2) is 0 Å². The number of halogens is 1. The number of benzene rings is 2. The first-order valence-corrected chi connectivity index (χ1v) is 9.14. The van der Waals surface area contributed by atoms with Crippen molar-refractivity contribution in [3.8, 4) is 0 Å². The molecule has 1 aliphatic rings. The summed E-state index contributed by atoms with van der Waals surface area (Å²) >= 11 is 3.37. The lowest BCUT2D eigenvalue weighted by molar-refractivity contribution is -0.136. The van der Waals surface area contributed by atoms with E-state index in [0.29, 0.717) is 16.9 Å². The Morgan fingerprint density at radius 1 is 1.07 bits per heavy atom. The van der Waals surface area contributed by atoms with Crippen LogP contribution in [-0.4, -0.2) is 24.9 Å². The first-order valence-electron chi connectivity index (χ1n) is 8.34. The number of allylic oxidation sites excluding steroid dienone is 1. The van der Waals surface area contributed by atoms with Crippen molar-refractivity contribution in [1.29, 1.82) is 0 Å². The SMILES string of the molecule is COC(=O)C1=C(C)N(c2ccc(C(N)=O)cc2)C(=O)C1=Cc1ccc(Br)cc1. The number of carbonyl (C=O) groups is 3. The molecule has 0 atom stereocenters. The summed E-state index contributed by atoms with van der Waals surface area (Å²) in [5, 5.41) is 0. The number of esters is 1.